The van der Waals surface area contributed by atoms with Crippen molar-refractivity contribution in [2.45, 2.75) is 39.2 Å². The van der Waals surface area contributed by atoms with Gasteiger partial charge in [0, 0.05) is 22.1 Å². The molecule has 0 spiro atoms. The number of rotatable bonds is 6. The Balaban J connectivity index is 1.83. The van der Waals surface area contributed by atoms with E-state index in [1.807, 2.05) is 54.6 Å². The Morgan fingerprint density at radius 3 is 2.56 bits per heavy atom. The Morgan fingerprint density at radius 1 is 1.15 bits per heavy atom. The van der Waals surface area contributed by atoms with Gasteiger partial charge in [0.05, 0.1) is 11.1 Å². The van der Waals surface area contributed by atoms with Crippen molar-refractivity contribution in [3.8, 4) is 0 Å². The van der Waals surface area contributed by atoms with Crippen LogP contribution in [0.25, 0.3) is 10.9 Å². The Hall–Kier alpha value is -2.39. The molecule has 1 N–H and O–H groups in total. The first kappa shape index (κ1) is 19.4. The van der Waals surface area contributed by atoms with Crippen LogP contribution in [0.2, 0.25) is 5.02 Å². The van der Waals surface area contributed by atoms with Gasteiger partial charge < -0.3 is 5.32 Å². The number of halogens is 1. The van der Waals surface area contributed by atoms with Crippen LogP contribution in [0.1, 0.15) is 43.1 Å². The molecule has 0 radical (unpaired) electrons. The summed E-state index contributed by atoms with van der Waals surface area (Å²) in [7, 11) is 0. The van der Waals surface area contributed by atoms with Gasteiger partial charge >= 0.3 is 0 Å². The molecule has 0 aliphatic heterocycles. The highest BCUT2D eigenvalue weighted by Crippen LogP contribution is 2.24. The minimum Gasteiger partial charge on any atom is -0.346 e. The number of nitrogens with one attached hydrogen (secondary N) is 1. The lowest BCUT2D eigenvalue weighted by Crippen LogP contribution is -2.48. The number of nitrogens with zero attached hydrogens (tertiary/aromatic N) is 1. The molecule has 2 aromatic carbocycles. The lowest BCUT2D eigenvalue weighted by atomic mass is 9.84. The zero-order chi connectivity index (χ0) is 19.4. The van der Waals surface area contributed by atoms with E-state index in [4.69, 9.17) is 11.6 Å². The topological polar surface area (TPSA) is 42.0 Å². The fraction of sp³-hybridized carbons (Fsp3) is 0.304. The van der Waals surface area contributed by atoms with E-state index >= 15 is 0 Å². The highest BCUT2D eigenvalue weighted by Gasteiger charge is 2.28. The first-order chi connectivity index (χ1) is 12.8. The Labute approximate surface area is 165 Å². The van der Waals surface area contributed by atoms with Crippen molar-refractivity contribution in [3.63, 3.8) is 0 Å². The molecule has 140 valence electrons. The van der Waals surface area contributed by atoms with Gasteiger partial charge in [-0.15, -0.1) is 0 Å². The summed E-state index contributed by atoms with van der Waals surface area (Å²) in [6.07, 6.45) is 3.27. The minimum atomic E-state index is -0.356. The molecule has 0 aliphatic carbocycles. The molecule has 0 saturated carbocycles. The maximum absolute atomic E-state index is 13.0. The van der Waals surface area contributed by atoms with E-state index in [9.17, 15) is 4.79 Å². The van der Waals surface area contributed by atoms with Crippen molar-refractivity contribution in [2.75, 3.05) is 0 Å². The SMILES string of the molecule is CC(C)CC(C)(Cc1ccc(Cl)cc1)NC(=O)c1cnc2ccccc2c1. The molecule has 0 saturated heterocycles. The Bertz CT molecular complexity index is 937. The number of hydrogen-bond acceptors (Lipinski definition) is 2. The van der Waals surface area contributed by atoms with Crippen molar-refractivity contribution in [1.29, 1.82) is 0 Å². The number of pyridine rings is 1. The van der Waals surface area contributed by atoms with E-state index in [0.717, 1.165) is 34.3 Å². The van der Waals surface area contributed by atoms with Crippen LogP contribution >= 0.6 is 11.6 Å². The molecule has 0 aliphatic rings. The van der Waals surface area contributed by atoms with Gasteiger partial charge in [-0.05, 0) is 55.5 Å². The molecular formula is C23H25ClN2O. The Kier molecular flexibility index (Phi) is 5.81. The predicted octanol–water partition coefficient (Wildman–Crippen LogP) is 5.67. The lowest BCUT2D eigenvalue weighted by molar-refractivity contribution is 0.0894. The third kappa shape index (κ3) is 5.08. The number of para-hydroxylation sites is 1. The molecule has 3 nitrogen and oxygen atoms in total. The molecule has 27 heavy (non-hydrogen) atoms. The second kappa shape index (κ2) is 8.10. The number of carbonyl (C=O) groups excluding carboxylic acids is 1. The Morgan fingerprint density at radius 2 is 1.85 bits per heavy atom. The number of amides is 1. The molecule has 4 heteroatoms. The van der Waals surface area contributed by atoms with E-state index in [2.05, 4.69) is 31.1 Å². The van der Waals surface area contributed by atoms with Crippen molar-refractivity contribution in [2.24, 2.45) is 5.92 Å². The summed E-state index contributed by atoms with van der Waals surface area (Å²) < 4.78 is 0. The van der Waals surface area contributed by atoms with Crippen LogP contribution < -0.4 is 5.32 Å². The van der Waals surface area contributed by atoms with Crippen molar-refractivity contribution in [1.82, 2.24) is 10.3 Å². The van der Waals surface area contributed by atoms with Crippen molar-refractivity contribution >= 4 is 28.4 Å². The quantitative estimate of drug-likeness (QED) is 0.599. The molecule has 3 aromatic rings. The largest absolute Gasteiger partial charge is 0.346 e. The average molecular weight is 381 g/mol. The summed E-state index contributed by atoms with van der Waals surface area (Å²) in [6, 6.07) is 17.5. The molecule has 0 fully saturated rings. The summed E-state index contributed by atoms with van der Waals surface area (Å²) in [5, 5.41) is 4.94. The van der Waals surface area contributed by atoms with E-state index in [1.54, 1.807) is 6.20 Å². The van der Waals surface area contributed by atoms with Gasteiger partial charge in [0.25, 0.3) is 5.91 Å². The van der Waals surface area contributed by atoms with Gasteiger partial charge in [-0.3, -0.25) is 9.78 Å². The predicted molar refractivity (Wildman–Crippen MR) is 112 cm³/mol. The highest BCUT2D eigenvalue weighted by molar-refractivity contribution is 6.30. The summed E-state index contributed by atoms with van der Waals surface area (Å²) in [6.45, 7) is 6.45. The van der Waals surface area contributed by atoms with E-state index < -0.39 is 0 Å². The second-order valence-corrected chi connectivity index (χ2v) is 8.27. The van der Waals surface area contributed by atoms with Crippen LogP contribution in [0.4, 0.5) is 0 Å². The smallest absolute Gasteiger partial charge is 0.253 e. The monoisotopic (exact) mass is 380 g/mol. The lowest BCUT2D eigenvalue weighted by Gasteiger charge is -2.33. The number of fused-ring (bicyclic) bond motifs is 1. The third-order valence-electron chi connectivity index (χ3n) is 4.63. The molecule has 1 unspecified atom stereocenters. The fourth-order valence-corrected chi connectivity index (χ4v) is 3.79. The van der Waals surface area contributed by atoms with Crippen LogP contribution in [0.15, 0.2) is 60.8 Å². The van der Waals surface area contributed by atoms with Crippen LogP contribution in [0, 0.1) is 5.92 Å². The number of hydrogen-bond donors (Lipinski definition) is 1. The zero-order valence-electron chi connectivity index (χ0n) is 16.0. The summed E-state index contributed by atoms with van der Waals surface area (Å²) >= 11 is 6.00. The zero-order valence-corrected chi connectivity index (χ0v) is 16.8. The molecule has 1 atom stereocenters. The fourth-order valence-electron chi connectivity index (χ4n) is 3.66. The third-order valence-corrected chi connectivity index (χ3v) is 4.89. The van der Waals surface area contributed by atoms with Crippen LogP contribution in [0.3, 0.4) is 0 Å². The molecule has 1 heterocycles. The standard InChI is InChI=1S/C23H25ClN2O/c1-16(2)13-23(3,14-17-8-10-20(24)11-9-17)26-22(27)19-12-18-6-4-5-7-21(18)25-15-19/h4-12,15-16H,13-14H2,1-3H3,(H,26,27). The van der Waals surface area contributed by atoms with Crippen molar-refractivity contribution in [3.05, 3.63) is 76.9 Å². The maximum atomic E-state index is 13.0. The van der Waals surface area contributed by atoms with Gasteiger partial charge in [-0.1, -0.05) is 55.8 Å². The van der Waals surface area contributed by atoms with Crippen LogP contribution in [0.5, 0.6) is 0 Å². The summed E-state index contributed by atoms with van der Waals surface area (Å²) in [5.41, 5.74) is 2.27. The van der Waals surface area contributed by atoms with E-state index in [0.29, 0.717) is 11.5 Å². The first-order valence-corrected chi connectivity index (χ1v) is 9.64. The molecular weight excluding hydrogens is 356 g/mol. The van der Waals surface area contributed by atoms with Gasteiger partial charge in [0.1, 0.15) is 0 Å². The molecule has 0 bridgehead atoms. The van der Waals surface area contributed by atoms with Gasteiger partial charge in [-0.2, -0.15) is 0 Å². The van der Waals surface area contributed by atoms with Crippen LogP contribution in [-0.2, 0) is 6.42 Å². The van der Waals surface area contributed by atoms with Gasteiger partial charge in [0.2, 0.25) is 0 Å². The molecule has 1 aromatic heterocycles. The van der Waals surface area contributed by atoms with Gasteiger partial charge in [0.15, 0.2) is 0 Å². The normalized spacial score (nSPS) is 13.5. The minimum absolute atomic E-state index is 0.0923. The van der Waals surface area contributed by atoms with E-state index in [1.165, 1.54) is 0 Å². The average Bonchev–Trinajstić information content (AvgIpc) is 2.62. The van der Waals surface area contributed by atoms with Gasteiger partial charge in [-0.25, -0.2) is 0 Å². The summed E-state index contributed by atoms with van der Waals surface area (Å²) in [5.74, 6) is 0.364. The number of carbonyl (C=O) groups is 1. The second-order valence-electron chi connectivity index (χ2n) is 7.83. The highest BCUT2D eigenvalue weighted by atomic mass is 35.5. The first-order valence-electron chi connectivity index (χ1n) is 9.26. The van der Waals surface area contributed by atoms with E-state index in [-0.39, 0.29) is 11.4 Å². The number of aromatic nitrogens is 1. The summed E-state index contributed by atoms with van der Waals surface area (Å²) in [4.78, 5) is 17.4. The molecule has 1 amide bonds. The number of benzene rings is 2. The molecule has 3 rings (SSSR count). The maximum Gasteiger partial charge on any atom is 0.253 e. The van der Waals surface area contributed by atoms with Crippen LogP contribution in [-0.4, -0.2) is 16.4 Å². The van der Waals surface area contributed by atoms with Crippen molar-refractivity contribution < 1.29 is 4.79 Å².